The second-order valence-corrected chi connectivity index (χ2v) is 5.36. The first-order valence-corrected chi connectivity index (χ1v) is 6.61. The van der Waals surface area contributed by atoms with Crippen LogP contribution in [0.4, 0.5) is 11.5 Å². The fraction of sp³-hybridized carbons (Fsp3) is 0.462. The molecule has 19 heavy (non-hydrogen) atoms. The summed E-state index contributed by atoms with van der Waals surface area (Å²) in [5, 5.41) is 9.35. The molecule has 6 heteroatoms. The molecule has 2 aliphatic rings. The van der Waals surface area contributed by atoms with Crippen molar-refractivity contribution in [1.29, 1.82) is 0 Å². The Morgan fingerprint density at radius 1 is 1.32 bits per heavy atom. The van der Waals surface area contributed by atoms with Crippen LogP contribution in [0.2, 0.25) is 0 Å². The summed E-state index contributed by atoms with van der Waals surface area (Å²) >= 11 is 0. The van der Waals surface area contributed by atoms with Crippen molar-refractivity contribution in [1.82, 2.24) is 20.0 Å². The number of hydrogen-bond acceptors (Lipinski definition) is 5. The fourth-order valence-electron chi connectivity index (χ4n) is 2.68. The lowest BCUT2D eigenvalue weighted by atomic mass is 9.99. The van der Waals surface area contributed by atoms with E-state index in [1.54, 1.807) is 6.20 Å². The van der Waals surface area contributed by atoms with Crippen LogP contribution in [-0.2, 0) is 0 Å². The molecule has 0 saturated heterocycles. The van der Waals surface area contributed by atoms with Gasteiger partial charge in [0.15, 0.2) is 0 Å². The molecule has 1 saturated carbocycles. The van der Waals surface area contributed by atoms with Gasteiger partial charge in [-0.05, 0) is 25.8 Å². The third kappa shape index (κ3) is 1.39. The minimum Gasteiger partial charge on any atom is -0.382 e. The van der Waals surface area contributed by atoms with Crippen LogP contribution in [0.25, 0.3) is 11.3 Å². The number of aromatic nitrogens is 4. The Hall–Kier alpha value is -2.11. The van der Waals surface area contributed by atoms with Gasteiger partial charge in [0.2, 0.25) is 0 Å². The molecule has 1 aliphatic carbocycles. The van der Waals surface area contributed by atoms with E-state index in [1.807, 2.05) is 17.9 Å². The van der Waals surface area contributed by atoms with Crippen LogP contribution in [0.15, 0.2) is 12.3 Å². The number of nitrogen functional groups attached to an aromatic ring is 1. The van der Waals surface area contributed by atoms with Gasteiger partial charge >= 0.3 is 0 Å². The normalized spacial score (nSPS) is 21.2. The first-order valence-electron chi connectivity index (χ1n) is 6.61. The molecule has 2 aromatic heterocycles. The van der Waals surface area contributed by atoms with Crippen LogP contribution < -0.4 is 10.6 Å². The summed E-state index contributed by atoms with van der Waals surface area (Å²) in [6.07, 6.45) is 4.10. The van der Waals surface area contributed by atoms with Gasteiger partial charge in [-0.25, -0.2) is 4.98 Å². The van der Waals surface area contributed by atoms with Crippen LogP contribution in [0.5, 0.6) is 0 Å². The van der Waals surface area contributed by atoms with Gasteiger partial charge in [-0.3, -0.25) is 0 Å². The molecule has 0 bridgehead atoms. The molecule has 1 unspecified atom stereocenters. The van der Waals surface area contributed by atoms with Crippen LogP contribution in [-0.4, -0.2) is 27.0 Å². The Labute approximate surface area is 111 Å². The van der Waals surface area contributed by atoms with Gasteiger partial charge < -0.3 is 10.6 Å². The van der Waals surface area contributed by atoms with E-state index >= 15 is 0 Å². The van der Waals surface area contributed by atoms with Gasteiger partial charge in [-0.15, -0.1) is 0 Å². The molecule has 6 nitrogen and oxygen atoms in total. The molecular formula is C13H16N6. The van der Waals surface area contributed by atoms with Crippen molar-refractivity contribution in [3.05, 3.63) is 18.0 Å². The molecule has 2 N–H and O–H groups in total. The predicted molar refractivity (Wildman–Crippen MR) is 72.8 cm³/mol. The zero-order chi connectivity index (χ0) is 13.1. The maximum absolute atomic E-state index is 6.02. The van der Waals surface area contributed by atoms with Crippen LogP contribution >= 0.6 is 0 Å². The lowest BCUT2D eigenvalue weighted by Crippen LogP contribution is -2.27. The van der Waals surface area contributed by atoms with Gasteiger partial charge in [-0.2, -0.15) is 15.0 Å². The number of anilines is 2. The standard InChI is InChI=1S/C13H16N6/c1-7-10-11(17-19(16-10)8-3-4-8)9-5-6-15-13(14)12(9)18(7)2/h5-8H,3-4H2,1-2H3,(H2,14,15). The lowest BCUT2D eigenvalue weighted by Gasteiger charge is -2.32. The highest BCUT2D eigenvalue weighted by Gasteiger charge is 2.35. The van der Waals surface area contributed by atoms with Crippen LogP contribution in [0, 0.1) is 0 Å². The Morgan fingerprint density at radius 2 is 2.11 bits per heavy atom. The molecule has 0 aromatic carbocycles. The van der Waals surface area contributed by atoms with Gasteiger partial charge in [0.05, 0.1) is 17.8 Å². The third-order valence-corrected chi connectivity index (χ3v) is 4.07. The number of fused-ring (bicyclic) bond motifs is 3. The molecule has 0 spiro atoms. The maximum Gasteiger partial charge on any atom is 0.147 e. The number of rotatable bonds is 1. The highest BCUT2D eigenvalue weighted by Crippen LogP contribution is 2.45. The summed E-state index contributed by atoms with van der Waals surface area (Å²) in [7, 11) is 2.03. The van der Waals surface area contributed by atoms with Crippen LogP contribution in [0.1, 0.15) is 37.5 Å². The summed E-state index contributed by atoms with van der Waals surface area (Å²) in [5.74, 6) is 0.554. The van der Waals surface area contributed by atoms with Crippen molar-refractivity contribution >= 4 is 11.5 Å². The molecule has 1 aliphatic heterocycles. The highest BCUT2D eigenvalue weighted by atomic mass is 15.5. The summed E-state index contributed by atoms with van der Waals surface area (Å²) in [6, 6.07) is 2.63. The lowest BCUT2D eigenvalue weighted by molar-refractivity contribution is 0.542. The minimum absolute atomic E-state index is 0.168. The van der Waals surface area contributed by atoms with Crippen LogP contribution in [0.3, 0.4) is 0 Å². The largest absolute Gasteiger partial charge is 0.382 e. The van der Waals surface area contributed by atoms with E-state index in [2.05, 4.69) is 27.0 Å². The zero-order valence-corrected chi connectivity index (χ0v) is 11.0. The molecule has 98 valence electrons. The average Bonchev–Trinajstić information content (AvgIpc) is 3.15. The minimum atomic E-state index is 0.168. The second kappa shape index (κ2) is 3.46. The van der Waals surface area contributed by atoms with Crippen molar-refractivity contribution < 1.29 is 0 Å². The second-order valence-electron chi connectivity index (χ2n) is 5.36. The Kier molecular flexibility index (Phi) is 1.97. The monoisotopic (exact) mass is 256 g/mol. The number of nitrogens with two attached hydrogens (primary N) is 1. The van der Waals surface area contributed by atoms with Crippen molar-refractivity contribution in [2.75, 3.05) is 17.7 Å². The predicted octanol–water partition coefficient (Wildman–Crippen LogP) is 1.77. The topological polar surface area (TPSA) is 72.9 Å². The van der Waals surface area contributed by atoms with E-state index in [-0.39, 0.29) is 6.04 Å². The van der Waals surface area contributed by atoms with E-state index < -0.39 is 0 Å². The maximum atomic E-state index is 6.02. The molecule has 0 amide bonds. The smallest absolute Gasteiger partial charge is 0.147 e. The van der Waals surface area contributed by atoms with E-state index in [0.717, 1.165) is 22.6 Å². The van der Waals surface area contributed by atoms with Crippen molar-refractivity contribution in [3.63, 3.8) is 0 Å². The molecular weight excluding hydrogens is 240 g/mol. The first-order chi connectivity index (χ1) is 9.16. The Bertz CT molecular complexity index is 657. The average molecular weight is 256 g/mol. The fourth-order valence-corrected chi connectivity index (χ4v) is 2.68. The quantitative estimate of drug-likeness (QED) is 0.841. The Morgan fingerprint density at radius 3 is 2.84 bits per heavy atom. The first kappa shape index (κ1) is 10.8. The molecule has 2 aromatic rings. The van der Waals surface area contributed by atoms with Crippen molar-refractivity contribution in [2.45, 2.75) is 31.8 Å². The summed E-state index contributed by atoms with van der Waals surface area (Å²) in [4.78, 5) is 8.19. The van der Waals surface area contributed by atoms with Gasteiger partial charge in [-0.1, -0.05) is 0 Å². The molecule has 4 rings (SSSR count). The van der Waals surface area contributed by atoms with Crippen molar-refractivity contribution in [3.8, 4) is 11.3 Å². The van der Waals surface area contributed by atoms with Gasteiger partial charge in [0.1, 0.15) is 17.2 Å². The molecule has 3 heterocycles. The van der Waals surface area contributed by atoms with Crippen molar-refractivity contribution in [2.24, 2.45) is 0 Å². The summed E-state index contributed by atoms with van der Waals surface area (Å²) < 4.78 is 0. The summed E-state index contributed by atoms with van der Waals surface area (Å²) in [6.45, 7) is 2.13. The molecule has 1 fully saturated rings. The number of nitrogens with zero attached hydrogens (tertiary/aromatic N) is 5. The SMILES string of the molecule is CC1c2nn(C3CC3)nc2-c2ccnc(N)c2N1C. The van der Waals surface area contributed by atoms with E-state index in [0.29, 0.717) is 11.9 Å². The summed E-state index contributed by atoms with van der Waals surface area (Å²) in [5.41, 5.74) is 10.0. The highest BCUT2D eigenvalue weighted by molar-refractivity contribution is 5.87. The van der Waals surface area contributed by atoms with E-state index in [9.17, 15) is 0 Å². The number of pyridine rings is 1. The Balaban J connectivity index is 1.97. The van der Waals surface area contributed by atoms with E-state index in [4.69, 9.17) is 5.73 Å². The zero-order valence-electron chi connectivity index (χ0n) is 11.0. The van der Waals surface area contributed by atoms with E-state index in [1.165, 1.54) is 12.8 Å². The third-order valence-electron chi connectivity index (χ3n) is 4.07. The van der Waals surface area contributed by atoms with Gasteiger partial charge in [0.25, 0.3) is 0 Å². The number of hydrogen-bond donors (Lipinski definition) is 1. The molecule has 1 atom stereocenters. The molecule has 0 radical (unpaired) electrons. The van der Waals surface area contributed by atoms with Gasteiger partial charge in [0, 0.05) is 18.8 Å².